The van der Waals surface area contributed by atoms with Gasteiger partial charge in [0.2, 0.25) is 5.91 Å². The van der Waals surface area contributed by atoms with Crippen molar-refractivity contribution >= 4 is 5.91 Å². The Morgan fingerprint density at radius 2 is 2.09 bits per heavy atom. The van der Waals surface area contributed by atoms with Crippen LogP contribution in [-0.2, 0) is 14.3 Å². The first kappa shape index (κ1) is 17.7. The Morgan fingerprint density at radius 3 is 2.77 bits per heavy atom. The summed E-state index contributed by atoms with van der Waals surface area (Å²) in [5.41, 5.74) is -0.178. The summed E-state index contributed by atoms with van der Waals surface area (Å²) >= 11 is 0. The SMILES string of the molecule is COCCC1(CO)CCCN(C(=O)CCN2CCOCC2)C1. The van der Waals surface area contributed by atoms with Crippen LogP contribution < -0.4 is 0 Å². The highest BCUT2D eigenvalue weighted by Crippen LogP contribution is 2.33. The molecule has 0 aromatic rings. The fraction of sp³-hybridized carbons (Fsp3) is 0.938. The topological polar surface area (TPSA) is 62.2 Å². The molecule has 1 unspecified atom stereocenters. The molecule has 2 rings (SSSR count). The monoisotopic (exact) mass is 314 g/mol. The lowest BCUT2D eigenvalue weighted by molar-refractivity contribution is -0.136. The van der Waals surface area contributed by atoms with Gasteiger partial charge in [0.1, 0.15) is 0 Å². The molecule has 0 saturated carbocycles. The first-order valence-corrected chi connectivity index (χ1v) is 8.37. The third-order valence-corrected chi connectivity index (χ3v) is 4.93. The van der Waals surface area contributed by atoms with Crippen LogP contribution in [0, 0.1) is 5.41 Å². The molecule has 1 amide bonds. The zero-order valence-electron chi connectivity index (χ0n) is 13.8. The Balaban J connectivity index is 1.80. The van der Waals surface area contributed by atoms with E-state index in [0.717, 1.165) is 58.7 Å². The normalized spacial score (nSPS) is 27.1. The molecule has 0 bridgehead atoms. The van der Waals surface area contributed by atoms with Crippen LogP contribution in [0.15, 0.2) is 0 Å². The van der Waals surface area contributed by atoms with Crippen molar-refractivity contribution in [1.82, 2.24) is 9.80 Å². The number of carbonyl (C=O) groups excluding carboxylic acids is 1. The minimum absolute atomic E-state index is 0.129. The van der Waals surface area contributed by atoms with Gasteiger partial charge in [0.05, 0.1) is 19.8 Å². The Bertz CT molecular complexity index is 347. The molecule has 0 aliphatic carbocycles. The standard InChI is InChI=1S/C16H30N2O4/c1-21-10-5-16(14-19)4-2-6-18(13-16)15(20)3-7-17-8-11-22-12-9-17/h19H,2-14H2,1H3. The van der Waals surface area contributed by atoms with Crippen molar-refractivity contribution in [3.63, 3.8) is 0 Å². The van der Waals surface area contributed by atoms with Crippen molar-refractivity contribution < 1.29 is 19.4 Å². The zero-order valence-corrected chi connectivity index (χ0v) is 13.8. The molecule has 6 nitrogen and oxygen atoms in total. The number of piperidine rings is 1. The van der Waals surface area contributed by atoms with Crippen molar-refractivity contribution in [3.05, 3.63) is 0 Å². The molecule has 1 N–H and O–H groups in total. The molecule has 2 saturated heterocycles. The lowest BCUT2D eigenvalue weighted by atomic mass is 9.78. The largest absolute Gasteiger partial charge is 0.396 e. The number of methoxy groups -OCH3 is 1. The number of aliphatic hydroxyl groups is 1. The Morgan fingerprint density at radius 1 is 1.32 bits per heavy atom. The molecule has 2 heterocycles. The number of morpholine rings is 1. The summed E-state index contributed by atoms with van der Waals surface area (Å²) in [6, 6.07) is 0. The van der Waals surface area contributed by atoms with Crippen LogP contribution in [0.1, 0.15) is 25.7 Å². The molecule has 1 atom stereocenters. The highest BCUT2D eigenvalue weighted by Gasteiger charge is 2.36. The van der Waals surface area contributed by atoms with E-state index < -0.39 is 0 Å². The minimum Gasteiger partial charge on any atom is -0.396 e. The number of ether oxygens (including phenoxy) is 2. The summed E-state index contributed by atoms with van der Waals surface area (Å²) in [5.74, 6) is 0.210. The van der Waals surface area contributed by atoms with E-state index in [1.165, 1.54) is 0 Å². The number of rotatable bonds is 7. The molecule has 2 aliphatic rings. The van der Waals surface area contributed by atoms with Crippen molar-refractivity contribution in [1.29, 1.82) is 0 Å². The summed E-state index contributed by atoms with van der Waals surface area (Å²) in [7, 11) is 1.68. The van der Waals surface area contributed by atoms with E-state index in [4.69, 9.17) is 9.47 Å². The van der Waals surface area contributed by atoms with Gasteiger partial charge in [0.25, 0.3) is 0 Å². The van der Waals surface area contributed by atoms with E-state index in [1.54, 1.807) is 7.11 Å². The van der Waals surface area contributed by atoms with Crippen LogP contribution in [-0.4, -0.2) is 87.1 Å². The van der Waals surface area contributed by atoms with Gasteiger partial charge in [-0.15, -0.1) is 0 Å². The molecule has 0 spiro atoms. The maximum absolute atomic E-state index is 12.5. The second-order valence-corrected chi connectivity index (χ2v) is 6.52. The molecule has 2 fully saturated rings. The van der Waals surface area contributed by atoms with E-state index in [9.17, 15) is 9.90 Å². The van der Waals surface area contributed by atoms with Crippen molar-refractivity contribution in [2.24, 2.45) is 5.41 Å². The molecule has 0 radical (unpaired) electrons. The smallest absolute Gasteiger partial charge is 0.223 e. The third kappa shape index (κ3) is 4.91. The van der Waals surface area contributed by atoms with Crippen LogP contribution in [0.25, 0.3) is 0 Å². The quantitative estimate of drug-likeness (QED) is 0.734. The molecular weight excluding hydrogens is 284 g/mol. The van der Waals surface area contributed by atoms with Crippen molar-refractivity contribution in [2.45, 2.75) is 25.7 Å². The zero-order chi connectivity index (χ0) is 15.8. The maximum atomic E-state index is 12.5. The number of carbonyl (C=O) groups is 1. The molecule has 0 aromatic carbocycles. The number of amides is 1. The molecular formula is C16H30N2O4. The third-order valence-electron chi connectivity index (χ3n) is 4.93. The Kier molecular flexibility index (Phi) is 7.08. The first-order valence-electron chi connectivity index (χ1n) is 8.37. The minimum atomic E-state index is -0.178. The average molecular weight is 314 g/mol. The molecule has 128 valence electrons. The Hall–Kier alpha value is -0.690. The summed E-state index contributed by atoms with van der Waals surface area (Å²) in [5, 5.41) is 9.79. The highest BCUT2D eigenvalue weighted by molar-refractivity contribution is 5.76. The van der Waals surface area contributed by atoms with Crippen molar-refractivity contribution in [3.8, 4) is 0 Å². The second kappa shape index (κ2) is 8.82. The van der Waals surface area contributed by atoms with E-state index >= 15 is 0 Å². The maximum Gasteiger partial charge on any atom is 0.223 e. The van der Waals surface area contributed by atoms with Crippen LogP contribution >= 0.6 is 0 Å². The van der Waals surface area contributed by atoms with E-state index in [1.807, 2.05) is 4.90 Å². The second-order valence-electron chi connectivity index (χ2n) is 6.52. The summed E-state index contributed by atoms with van der Waals surface area (Å²) in [6.45, 7) is 6.42. The van der Waals surface area contributed by atoms with E-state index in [2.05, 4.69) is 4.90 Å². The van der Waals surface area contributed by atoms with Gasteiger partial charge >= 0.3 is 0 Å². The van der Waals surface area contributed by atoms with Gasteiger partial charge in [0.15, 0.2) is 0 Å². The predicted molar refractivity (Wildman–Crippen MR) is 83.7 cm³/mol. The number of nitrogens with zero attached hydrogens (tertiary/aromatic N) is 2. The molecule has 22 heavy (non-hydrogen) atoms. The van der Waals surface area contributed by atoms with Crippen LogP contribution in [0.3, 0.4) is 0 Å². The fourth-order valence-corrected chi connectivity index (χ4v) is 3.39. The molecule has 0 aromatic heterocycles. The van der Waals surface area contributed by atoms with Crippen LogP contribution in [0.5, 0.6) is 0 Å². The van der Waals surface area contributed by atoms with E-state index in [0.29, 0.717) is 19.6 Å². The van der Waals surface area contributed by atoms with Crippen LogP contribution in [0.2, 0.25) is 0 Å². The fourth-order valence-electron chi connectivity index (χ4n) is 3.39. The summed E-state index contributed by atoms with van der Waals surface area (Å²) in [6.07, 6.45) is 3.31. The van der Waals surface area contributed by atoms with Crippen molar-refractivity contribution in [2.75, 3.05) is 66.3 Å². The van der Waals surface area contributed by atoms with Gasteiger partial charge in [-0.25, -0.2) is 0 Å². The van der Waals surface area contributed by atoms with Gasteiger partial charge in [0, 0.05) is 58.3 Å². The number of likely N-dealkylation sites (tertiary alicyclic amines) is 1. The summed E-state index contributed by atoms with van der Waals surface area (Å²) < 4.78 is 10.5. The van der Waals surface area contributed by atoms with Crippen LogP contribution in [0.4, 0.5) is 0 Å². The molecule has 6 heteroatoms. The number of aliphatic hydroxyl groups excluding tert-OH is 1. The van der Waals surface area contributed by atoms with Gasteiger partial charge in [-0.1, -0.05) is 0 Å². The predicted octanol–water partition coefficient (Wildman–Crippen LogP) is 0.346. The van der Waals surface area contributed by atoms with Gasteiger partial charge in [-0.2, -0.15) is 0 Å². The summed E-state index contributed by atoms with van der Waals surface area (Å²) in [4.78, 5) is 16.7. The lowest BCUT2D eigenvalue weighted by Gasteiger charge is -2.42. The van der Waals surface area contributed by atoms with Gasteiger partial charge in [-0.05, 0) is 19.3 Å². The number of hydrogen-bond donors (Lipinski definition) is 1. The molecule has 2 aliphatic heterocycles. The Labute approximate surface area is 133 Å². The van der Waals surface area contributed by atoms with E-state index in [-0.39, 0.29) is 17.9 Å². The van der Waals surface area contributed by atoms with Gasteiger partial charge < -0.3 is 19.5 Å². The van der Waals surface area contributed by atoms with Gasteiger partial charge in [-0.3, -0.25) is 9.69 Å². The number of hydrogen-bond acceptors (Lipinski definition) is 5. The highest BCUT2D eigenvalue weighted by atomic mass is 16.5. The lowest BCUT2D eigenvalue weighted by Crippen LogP contribution is -2.49. The first-order chi connectivity index (χ1) is 10.7. The average Bonchev–Trinajstić information content (AvgIpc) is 2.59.